The van der Waals surface area contributed by atoms with Crippen LogP contribution in [-0.2, 0) is 22.4 Å². The Balaban J connectivity index is 2.21. The maximum absolute atomic E-state index is 12.2. The average Bonchev–Trinajstić information content (AvgIpc) is 2.47. The minimum atomic E-state index is -1.34. The maximum Gasteiger partial charge on any atom is 0.338 e. The average molecular weight is 276 g/mol. The van der Waals surface area contributed by atoms with Crippen LogP contribution < -0.4 is 0 Å². The van der Waals surface area contributed by atoms with E-state index in [1.165, 1.54) is 11.1 Å². The first-order chi connectivity index (χ1) is 9.61. The summed E-state index contributed by atoms with van der Waals surface area (Å²) < 4.78 is 5.11. The summed E-state index contributed by atoms with van der Waals surface area (Å²) in [6.45, 7) is 4.08. The third-order valence-corrected chi connectivity index (χ3v) is 4.28. The van der Waals surface area contributed by atoms with Crippen LogP contribution in [0.25, 0.3) is 0 Å². The summed E-state index contributed by atoms with van der Waals surface area (Å²) in [5.41, 5.74) is 1.26. The molecule has 2 atom stereocenters. The number of esters is 1. The van der Waals surface area contributed by atoms with E-state index in [1.807, 2.05) is 19.1 Å². The Morgan fingerprint density at radius 1 is 1.35 bits per heavy atom. The number of aryl methyl sites for hydroxylation is 1. The molecular formula is C17H24O3. The molecule has 1 aromatic carbocycles. The van der Waals surface area contributed by atoms with Crippen LogP contribution >= 0.6 is 0 Å². The van der Waals surface area contributed by atoms with Gasteiger partial charge in [0.2, 0.25) is 0 Å². The molecule has 2 rings (SSSR count). The SMILES string of the molecule is CCCC(O)(C(=O)OCC)C1CCc2ccccc2C1. The number of benzene rings is 1. The van der Waals surface area contributed by atoms with Gasteiger partial charge in [0.15, 0.2) is 5.60 Å². The van der Waals surface area contributed by atoms with Crippen molar-refractivity contribution >= 4 is 5.97 Å². The molecule has 20 heavy (non-hydrogen) atoms. The molecule has 0 saturated heterocycles. The lowest BCUT2D eigenvalue weighted by atomic mass is 9.72. The molecule has 3 nitrogen and oxygen atoms in total. The topological polar surface area (TPSA) is 46.5 Å². The van der Waals surface area contributed by atoms with Crippen LogP contribution in [0.2, 0.25) is 0 Å². The predicted octanol–water partition coefficient (Wildman–Crippen LogP) is 2.89. The second kappa shape index (κ2) is 6.40. The first-order valence-electron chi connectivity index (χ1n) is 7.58. The predicted molar refractivity (Wildman–Crippen MR) is 78.4 cm³/mol. The number of fused-ring (bicyclic) bond motifs is 1. The Bertz CT molecular complexity index is 469. The molecule has 0 radical (unpaired) electrons. The summed E-state index contributed by atoms with van der Waals surface area (Å²) in [7, 11) is 0. The van der Waals surface area contributed by atoms with Crippen molar-refractivity contribution in [2.24, 2.45) is 5.92 Å². The van der Waals surface area contributed by atoms with Gasteiger partial charge in [-0.2, -0.15) is 0 Å². The van der Waals surface area contributed by atoms with Crippen LogP contribution in [0.3, 0.4) is 0 Å². The van der Waals surface area contributed by atoms with Gasteiger partial charge in [0, 0.05) is 5.92 Å². The van der Waals surface area contributed by atoms with Crippen molar-refractivity contribution in [2.75, 3.05) is 6.61 Å². The lowest BCUT2D eigenvalue weighted by molar-refractivity contribution is -0.173. The summed E-state index contributed by atoms with van der Waals surface area (Å²) in [5.74, 6) is -0.498. The summed E-state index contributed by atoms with van der Waals surface area (Å²) in [6.07, 6.45) is 3.76. The molecule has 0 aromatic heterocycles. The van der Waals surface area contributed by atoms with E-state index in [0.29, 0.717) is 13.0 Å². The highest BCUT2D eigenvalue weighted by Gasteiger charge is 2.45. The van der Waals surface area contributed by atoms with E-state index < -0.39 is 11.6 Å². The van der Waals surface area contributed by atoms with E-state index >= 15 is 0 Å². The third-order valence-electron chi connectivity index (χ3n) is 4.28. The van der Waals surface area contributed by atoms with Crippen molar-refractivity contribution in [3.63, 3.8) is 0 Å². The smallest absolute Gasteiger partial charge is 0.338 e. The van der Waals surface area contributed by atoms with Gasteiger partial charge in [-0.1, -0.05) is 37.6 Å². The lowest BCUT2D eigenvalue weighted by Gasteiger charge is -2.37. The summed E-state index contributed by atoms with van der Waals surface area (Å²) in [4.78, 5) is 12.2. The molecule has 2 unspecified atom stereocenters. The van der Waals surface area contributed by atoms with Crippen molar-refractivity contribution in [2.45, 2.75) is 51.6 Å². The normalized spacial score (nSPS) is 20.9. The van der Waals surface area contributed by atoms with E-state index in [9.17, 15) is 9.90 Å². The zero-order valence-corrected chi connectivity index (χ0v) is 12.4. The molecule has 1 aliphatic carbocycles. The van der Waals surface area contributed by atoms with Gasteiger partial charge in [-0.05, 0) is 43.7 Å². The molecule has 110 valence electrons. The minimum absolute atomic E-state index is 0.0450. The molecule has 1 aromatic rings. The van der Waals surface area contributed by atoms with Crippen molar-refractivity contribution in [1.29, 1.82) is 0 Å². The van der Waals surface area contributed by atoms with Gasteiger partial charge in [-0.3, -0.25) is 0 Å². The van der Waals surface area contributed by atoms with Crippen LogP contribution in [-0.4, -0.2) is 23.3 Å². The molecule has 1 N–H and O–H groups in total. The van der Waals surface area contributed by atoms with Gasteiger partial charge in [0.05, 0.1) is 6.61 Å². The molecule has 1 aliphatic rings. The van der Waals surface area contributed by atoms with E-state index in [4.69, 9.17) is 4.74 Å². The monoisotopic (exact) mass is 276 g/mol. The number of aliphatic hydroxyl groups is 1. The molecule has 0 amide bonds. The first kappa shape index (κ1) is 15.0. The van der Waals surface area contributed by atoms with Gasteiger partial charge in [0.1, 0.15) is 0 Å². The number of carbonyl (C=O) groups is 1. The highest BCUT2D eigenvalue weighted by atomic mass is 16.5. The molecular weight excluding hydrogens is 252 g/mol. The Kier molecular flexibility index (Phi) is 4.81. The summed E-state index contributed by atoms with van der Waals surface area (Å²) >= 11 is 0. The molecule has 0 spiro atoms. The van der Waals surface area contributed by atoms with E-state index in [-0.39, 0.29) is 5.92 Å². The Labute approximate surface area is 121 Å². The van der Waals surface area contributed by atoms with E-state index in [1.54, 1.807) is 6.92 Å². The standard InChI is InChI=1S/C17H24O3/c1-3-11-17(19,16(18)20-4-2)15-10-9-13-7-5-6-8-14(13)12-15/h5-8,15,19H,3-4,9-12H2,1-2H3. The lowest BCUT2D eigenvalue weighted by Crippen LogP contribution is -2.49. The molecule has 0 fully saturated rings. The largest absolute Gasteiger partial charge is 0.464 e. The zero-order chi connectivity index (χ0) is 14.6. The number of ether oxygens (including phenoxy) is 1. The van der Waals surface area contributed by atoms with Crippen molar-refractivity contribution < 1.29 is 14.6 Å². The molecule has 0 bridgehead atoms. The van der Waals surface area contributed by atoms with Crippen LogP contribution in [0.15, 0.2) is 24.3 Å². The number of carbonyl (C=O) groups excluding carboxylic acids is 1. The quantitative estimate of drug-likeness (QED) is 0.841. The Morgan fingerprint density at radius 3 is 2.70 bits per heavy atom. The highest BCUT2D eigenvalue weighted by molar-refractivity contribution is 5.79. The van der Waals surface area contributed by atoms with Crippen LogP contribution in [0, 0.1) is 5.92 Å². The third kappa shape index (κ3) is 2.88. The Morgan fingerprint density at radius 2 is 2.05 bits per heavy atom. The van der Waals surface area contributed by atoms with Gasteiger partial charge < -0.3 is 9.84 Å². The Hall–Kier alpha value is -1.35. The molecule has 0 aliphatic heterocycles. The first-order valence-corrected chi connectivity index (χ1v) is 7.58. The van der Waals surface area contributed by atoms with Crippen LogP contribution in [0.1, 0.15) is 44.2 Å². The fourth-order valence-corrected chi connectivity index (χ4v) is 3.22. The van der Waals surface area contributed by atoms with Crippen molar-refractivity contribution in [3.05, 3.63) is 35.4 Å². The van der Waals surface area contributed by atoms with Crippen LogP contribution in [0.4, 0.5) is 0 Å². The van der Waals surface area contributed by atoms with Gasteiger partial charge >= 0.3 is 5.97 Å². The fourth-order valence-electron chi connectivity index (χ4n) is 3.22. The maximum atomic E-state index is 12.2. The number of hydrogen-bond acceptors (Lipinski definition) is 3. The summed E-state index contributed by atoms with van der Waals surface area (Å²) in [6, 6.07) is 8.29. The number of hydrogen-bond donors (Lipinski definition) is 1. The van der Waals surface area contributed by atoms with Gasteiger partial charge in [-0.25, -0.2) is 4.79 Å². The summed E-state index contributed by atoms with van der Waals surface area (Å²) in [5, 5.41) is 10.9. The zero-order valence-electron chi connectivity index (χ0n) is 12.4. The van der Waals surface area contributed by atoms with E-state index in [2.05, 4.69) is 12.1 Å². The molecule has 0 heterocycles. The molecule has 3 heteroatoms. The van der Waals surface area contributed by atoms with Gasteiger partial charge in [0.25, 0.3) is 0 Å². The second-order valence-corrected chi connectivity index (χ2v) is 5.60. The minimum Gasteiger partial charge on any atom is -0.464 e. The van der Waals surface area contributed by atoms with Crippen molar-refractivity contribution in [3.8, 4) is 0 Å². The highest BCUT2D eigenvalue weighted by Crippen LogP contribution is 2.36. The van der Waals surface area contributed by atoms with Gasteiger partial charge in [-0.15, -0.1) is 0 Å². The van der Waals surface area contributed by atoms with Crippen molar-refractivity contribution in [1.82, 2.24) is 0 Å². The van der Waals surface area contributed by atoms with E-state index in [0.717, 1.165) is 25.7 Å². The van der Waals surface area contributed by atoms with Crippen LogP contribution in [0.5, 0.6) is 0 Å². The second-order valence-electron chi connectivity index (χ2n) is 5.60. The fraction of sp³-hybridized carbons (Fsp3) is 0.588. The molecule has 0 saturated carbocycles. The number of rotatable bonds is 5.